The number of hydrogen-bond acceptors (Lipinski definition) is 6. The monoisotopic (exact) mass is 424 g/mol. The molecule has 0 aliphatic heterocycles. The van der Waals surface area contributed by atoms with Crippen molar-refractivity contribution >= 4 is 31.0 Å². The van der Waals surface area contributed by atoms with Crippen LogP contribution in [0.25, 0.3) is 0 Å². The molecule has 0 aromatic rings. The van der Waals surface area contributed by atoms with E-state index in [0.29, 0.717) is 17.8 Å². The number of rotatable bonds is 9. The topological polar surface area (TPSA) is 86.2 Å². The van der Waals surface area contributed by atoms with Gasteiger partial charge in [-0.2, -0.15) is 5.10 Å². The van der Waals surface area contributed by atoms with E-state index in [2.05, 4.69) is 31.3 Å². The second-order valence-corrected chi connectivity index (χ2v) is 10.2. The summed E-state index contributed by atoms with van der Waals surface area (Å²) in [5.74, 6) is 1.31. The molecule has 0 saturated heterocycles. The molecule has 1 rings (SSSR count). The van der Waals surface area contributed by atoms with E-state index in [1.807, 2.05) is 0 Å². The molecular formula is C18H34ClN2O5P. The van der Waals surface area contributed by atoms with Crippen LogP contribution in [0.2, 0.25) is 0 Å². The fourth-order valence-electron chi connectivity index (χ4n) is 3.36. The first-order valence-electron chi connectivity index (χ1n) is 9.68. The van der Waals surface area contributed by atoms with Crippen molar-refractivity contribution in [2.75, 3.05) is 13.2 Å². The Morgan fingerprint density at radius 1 is 1.26 bits per heavy atom. The summed E-state index contributed by atoms with van der Waals surface area (Å²) in [6, 6.07) is 0. The zero-order valence-electron chi connectivity index (χ0n) is 17.2. The van der Waals surface area contributed by atoms with E-state index in [9.17, 15) is 9.36 Å². The molecule has 9 heteroatoms. The SMILES string of the molecule is CCOP(=O)(OCC)C(Cl)/C(C)=N/NC(=O)O[C@@H]1C[C@H](C)CC[C@H]1C(C)C. The molecule has 1 aliphatic rings. The number of hydrogen-bond donors (Lipinski definition) is 1. The second kappa shape index (κ2) is 11.4. The van der Waals surface area contributed by atoms with Crippen molar-refractivity contribution in [3.63, 3.8) is 0 Å². The van der Waals surface area contributed by atoms with Crippen molar-refractivity contribution in [3.8, 4) is 0 Å². The number of carbonyl (C=O) groups is 1. The summed E-state index contributed by atoms with van der Waals surface area (Å²) in [4.78, 5) is 12.2. The highest BCUT2D eigenvalue weighted by Gasteiger charge is 2.37. The van der Waals surface area contributed by atoms with Gasteiger partial charge in [0.05, 0.1) is 18.9 Å². The van der Waals surface area contributed by atoms with Crippen LogP contribution in [0.3, 0.4) is 0 Å². The Morgan fingerprint density at radius 2 is 1.85 bits per heavy atom. The van der Waals surface area contributed by atoms with Crippen molar-refractivity contribution in [2.45, 2.75) is 72.0 Å². The van der Waals surface area contributed by atoms with E-state index in [4.69, 9.17) is 25.4 Å². The van der Waals surface area contributed by atoms with Gasteiger partial charge in [0, 0.05) is 0 Å². The van der Waals surface area contributed by atoms with Gasteiger partial charge in [0.2, 0.25) is 0 Å². The Balaban J connectivity index is 2.71. The Bertz CT molecular complexity index is 548. The van der Waals surface area contributed by atoms with E-state index in [1.165, 1.54) is 0 Å². The van der Waals surface area contributed by atoms with E-state index < -0.39 is 18.8 Å². The van der Waals surface area contributed by atoms with Gasteiger partial charge in [-0.25, -0.2) is 10.2 Å². The Labute approximate surface area is 168 Å². The summed E-state index contributed by atoms with van der Waals surface area (Å²) in [6.45, 7) is 11.8. The third kappa shape index (κ3) is 7.37. The van der Waals surface area contributed by atoms with Crippen molar-refractivity contribution in [1.29, 1.82) is 0 Å². The number of halogens is 1. The van der Waals surface area contributed by atoms with Gasteiger partial charge in [0.15, 0.2) is 5.12 Å². The van der Waals surface area contributed by atoms with Crippen molar-refractivity contribution < 1.29 is 23.1 Å². The average Bonchev–Trinajstić information content (AvgIpc) is 2.59. The van der Waals surface area contributed by atoms with Crippen LogP contribution in [-0.4, -0.2) is 36.2 Å². The van der Waals surface area contributed by atoms with Crippen molar-refractivity contribution in [3.05, 3.63) is 0 Å². The van der Waals surface area contributed by atoms with Gasteiger partial charge in [-0.3, -0.25) is 4.57 Å². The van der Waals surface area contributed by atoms with Gasteiger partial charge < -0.3 is 13.8 Å². The second-order valence-electron chi connectivity index (χ2n) is 7.35. The maximum absolute atomic E-state index is 12.7. The number of ether oxygens (including phenoxy) is 1. The molecular weight excluding hydrogens is 391 g/mol. The van der Waals surface area contributed by atoms with Crippen LogP contribution in [0.5, 0.6) is 0 Å². The first-order valence-corrected chi connectivity index (χ1v) is 11.7. The standard InChI is InChI=1S/C18H34ClN2O5P/c1-7-24-27(23,25-8-2)17(19)14(6)20-21-18(22)26-16-11-13(5)9-10-15(16)12(3)4/h12-13,15-17H,7-11H2,1-6H3,(H,21,22)/b20-14+/t13-,15+,16-,17?/m1/s1. The Morgan fingerprint density at radius 3 is 2.37 bits per heavy atom. The Hall–Kier alpha value is -0.620. The van der Waals surface area contributed by atoms with Gasteiger partial charge in [-0.05, 0) is 51.4 Å². The van der Waals surface area contributed by atoms with Gasteiger partial charge in [-0.15, -0.1) is 11.6 Å². The van der Waals surface area contributed by atoms with Crippen LogP contribution in [0, 0.1) is 17.8 Å². The fourth-order valence-corrected chi connectivity index (χ4v) is 5.32. The normalized spacial score (nSPS) is 25.3. The highest BCUT2D eigenvalue weighted by atomic mass is 35.5. The highest BCUT2D eigenvalue weighted by Crippen LogP contribution is 2.55. The average molecular weight is 425 g/mol. The molecule has 27 heavy (non-hydrogen) atoms. The van der Waals surface area contributed by atoms with E-state index in [-0.39, 0.29) is 25.0 Å². The molecule has 0 heterocycles. The lowest BCUT2D eigenvalue weighted by Crippen LogP contribution is -2.38. The van der Waals surface area contributed by atoms with Crippen molar-refractivity contribution in [1.82, 2.24) is 5.43 Å². The molecule has 1 unspecified atom stereocenters. The lowest BCUT2D eigenvalue weighted by Gasteiger charge is -2.36. The molecule has 7 nitrogen and oxygen atoms in total. The first-order chi connectivity index (χ1) is 12.6. The summed E-state index contributed by atoms with van der Waals surface area (Å²) in [6.07, 6.45) is 2.29. The number of nitrogens with zero attached hydrogens (tertiary/aromatic N) is 1. The predicted octanol–water partition coefficient (Wildman–Crippen LogP) is 5.38. The van der Waals surface area contributed by atoms with Crippen LogP contribution >= 0.6 is 19.2 Å². The van der Waals surface area contributed by atoms with Gasteiger partial charge in [0.25, 0.3) is 0 Å². The maximum atomic E-state index is 12.7. The lowest BCUT2D eigenvalue weighted by atomic mass is 9.75. The number of nitrogens with one attached hydrogen (secondary N) is 1. The van der Waals surface area contributed by atoms with Gasteiger partial charge in [-0.1, -0.05) is 27.2 Å². The van der Waals surface area contributed by atoms with Gasteiger partial charge in [0.1, 0.15) is 6.10 Å². The van der Waals surface area contributed by atoms with E-state index in [1.54, 1.807) is 20.8 Å². The van der Waals surface area contributed by atoms with Crippen LogP contribution in [0.15, 0.2) is 5.10 Å². The highest BCUT2D eigenvalue weighted by molar-refractivity contribution is 7.57. The van der Waals surface area contributed by atoms with Crippen LogP contribution in [0.4, 0.5) is 4.79 Å². The molecule has 1 fully saturated rings. The third-order valence-electron chi connectivity index (χ3n) is 4.78. The molecule has 0 spiro atoms. The largest absolute Gasteiger partial charge is 0.445 e. The quantitative estimate of drug-likeness (QED) is 0.232. The summed E-state index contributed by atoms with van der Waals surface area (Å²) < 4.78 is 28.7. The summed E-state index contributed by atoms with van der Waals surface area (Å²) in [7, 11) is -3.55. The van der Waals surface area contributed by atoms with Crippen molar-refractivity contribution in [2.24, 2.45) is 22.9 Å². The molecule has 4 atom stereocenters. The maximum Gasteiger partial charge on any atom is 0.428 e. The fraction of sp³-hybridized carbons (Fsp3) is 0.889. The Kier molecular flexibility index (Phi) is 10.3. The molecule has 1 N–H and O–H groups in total. The van der Waals surface area contributed by atoms with E-state index >= 15 is 0 Å². The summed E-state index contributed by atoms with van der Waals surface area (Å²) in [5, 5.41) is 2.85. The zero-order valence-corrected chi connectivity index (χ0v) is 18.9. The molecule has 0 radical (unpaired) electrons. The van der Waals surface area contributed by atoms with Crippen LogP contribution in [-0.2, 0) is 18.3 Å². The van der Waals surface area contributed by atoms with Crippen LogP contribution in [0.1, 0.15) is 60.8 Å². The van der Waals surface area contributed by atoms with E-state index in [0.717, 1.165) is 19.3 Å². The number of carbonyl (C=O) groups excluding carboxylic acids is 1. The number of amides is 1. The minimum Gasteiger partial charge on any atom is -0.445 e. The molecule has 0 aromatic heterocycles. The molecule has 0 bridgehead atoms. The van der Waals surface area contributed by atoms with Crippen LogP contribution < -0.4 is 5.43 Å². The van der Waals surface area contributed by atoms with Gasteiger partial charge >= 0.3 is 13.7 Å². The molecule has 1 aliphatic carbocycles. The minimum atomic E-state index is -3.55. The smallest absolute Gasteiger partial charge is 0.428 e. The molecule has 1 amide bonds. The molecule has 158 valence electrons. The molecule has 1 saturated carbocycles. The predicted molar refractivity (Wildman–Crippen MR) is 108 cm³/mol. The summed E-state index contributed by atoms with van der Waals surface area (Å²) in [5.41, 5.74) is 2.58. The molecule has 0 aromatic carbocycles. The summed E-state index contributed by atoms with van der Waals surface area (Å²) >= 11 is 6.22. The first kappa shape index (κ1) is 24.4. The number of hydrazone groups is 1. The lowest BCUT2D eigenvalue weighted by molar-refractivity contribution is 0.00631. The third-order valence-corrected chi connectivity index (χ3v) is 7.98. The number of alkyl halides is 1. The minimum absolute atomic E-state index is 0.131. The zero-order chi connectivity index (χ0) is 20.6.